The number of benzene rings is 4. The molecular formula is C32H15N3O12-4. The molecule has 0 fully saturated rings. The molecule has 15 nitrogen and oxygen atoms in total. The van der Waals surface area contributed by atoms with Crippen LogP contribution in [0.15, 0.2) is 78.9 Å². The molecule has 0 spiro atoms. The van der Waals surface area contributed by atoms with Crippen molar-refractivity contribution in [2.75, 3.05) is 15.5 Å². The molecule has 4 aromatic carbocycles. The van der Waals surface area contributed by atoms with Gasteiger partial charge >= 0.3 is 0 Å². The normalized spacial score (nSPS) is 11.9. The summed E-state index contributed by atoms with van der Waals surface area (Å²) in [7, 11) is 0. The highest BCUT2D eigenvalue weighted by Crippen LogP contribution is 2.30. The number of hydrogen-bond acceptors (Lipinski definition) is 12. The Balaban J connectivity index is 1.36. The smallest absolute Gasteiger partial charge is 0.266 e. The lowest BCUT2D eigenvalue weighted by atomic mass is 10.0. The van der Waals surface area contributed by atoms with Gasteiger partial charge in [0.15, 0.2) is 0 Å². The fraction of sp³-hybridized carbons (Fsp3) is 0. The third-order valence-corrected chi connectivity index (χ3v) is 6.95. The molecule has 4 amide bonds. The van der Waals surface area contributed by atoms with Crippen LogP contribution in [0.3, 0.4) is 0 Å². The Kier molecular flexibility index (Phi) is 8.04. The van der Waals surface area contributed by atoms with Crippen molar-refractivity contribution in [2.24, 2.45) is 0 Å². The number of aromatic carboxylic acids is 4. The summed E-state index contributed by atoms with van der Waals surface area (Å²) >= 11 is 0. The second kappa shape index (κ2) is 12.1. The van der Waals surface area contributed by atoms with Crippen LogP contribution >= 0.6 is 0 Å². The quantitative estimate of drug-likeness (QED) is 0.199. The number of carbonyl (C=O) groups is 8. The highest BCUT2D eigenvalue weighted by atomic mass is 16.4. The summed E-state index contributed by atoms with van der Waals surface area (Å²) in [4.78, 5) is 98.1. The van der Waals surface area contributed by atoms with E-state index in [0.717, 1.165) is 47.4 Å². The van der Waals surface area contributed by atoms with Crippen LogP contribution in [-0.4, -0.2) is 47.5 Å². The maximum atomic E-state index is 13.3. The van der Waals surface area contributed by atoms with Gasteiger partial charge in [0, 0.05) is 44.8 Å². The van der Waals surface area contributed by atoms with Gasteiger partial charge in [-0.2, -0.15) is 0 Å². The van der Waals surface area contributed by atoms with Crippen molar-refractivity contribution in [3.05, 3.63) is 123 Å². The van der Waals surface area contributed by atoms with Crippen LogP contribution in [0.5, 0.6) is 0 Å². The first-order chi connectivity index (χ1) is 22.3. The van der Waals surface area contributed by atoms with Gasteiger partial charge in [0.05, 0.1) is 40.7 Å². The highest BCUT2D eigenvalue weighted by molar-refractivity contribution is 6.35. The van der Waals surface area contributed by atoms with Gasteiger partial charge in [-0.05, 0) is 60.7 Å². The van der Waals surface area contributed by atoms with Crippen molar-refractivity contribution in [1.29, 1.82) is 0 Å². The van der Waals surface area contributed by atoms with E-state index in [1.807, 2.05) is 0 Å². The lowest BCUT2D eigenvalue weighted by Gasteiger charge is -2.16. The Morgan fingerprint density at radius 2 is 0.957 bits per heavy atom. The van der Waals surface area contributed by atoms with Crippen LogP contribution in [0.25, 0.3) is 0 Å². The molecule has 0 radical (unpaired) electrons. The van der Waals surface area contributed by atoms with Crippen molar-refractivity contribution in [1.82, 2.24) is 0 Å². The number of anilines is 3. The predicted molar refractivity (Wildman–Crippen MR) is 150 cm³/mol. The van der Waals surface area contributed by atoms with Crippen LogP contribution in [-0.2, 0) is 0 Å². The van der Waals surface area contributed by atoms with Gasteiger partial charge in [-0.15, -0.1) is 0 Å². The Bertz CT molecular complexity index is 2100. The molecule has 5 rings (SSSR count). The molecule has 2 N–H and O–H groups in total. The van der Waals surface area contributed by atoms with Crippen LogP contribution in [0.4, 0.5) is 17.1 Å². The molecule has 1 aliphatic heterocycles. The van der Waals surface area contributed by atoms with E-state index in [1.165, 1.54) is 36.4 Å². The minimum atomic E-state index is -1.82. The molecule has 0 saturated carbocycles. The lowest BCUT2D eigenvalue weighted by molar-refractivity contribution is -0.259. The molecule has 0 aromatic heterocycles. The Morgan fingerprint density at radius 1 is 0.489 bits per heavy atom. The summed E-state index contributed by atoms with van der Waals surface area (Å²) in [5, 5.41) is 49.7. The number of carbonyl (C=O) groups excluding carboxylic acids is 8. The third-order valence-electron chi connectivity index (χ3n) is 6.95. The maximum Gasteiger partial charge on any atom is 0.266 e. The van der Waals surface area contributed by atoms with Crippen molar-refractivity contribution >= 4 is 64.6 Å². The molecule has 0 aliphatic carbocycles. The second-order valence-corrected chi connectivity index (χ2v) is 9.84. The number of fused-ring (bicyclic) bond motifs is 1. The number of carboxylic acids is 4. The Hall–Kier alpha value is -7.16. The van der Waals surface area contributed by atoms with Gasteiger partial charge < -0.3 is 50.2 Å². The summed E-state index contributed by atoms with van der Waals surface area (Å²) in [5.74, 6) is -10.4. The molecule has 47 heavy (non-hydrogen) atoms. The standard InChI is InChI=1S/C32H19N3O12/c36-25(33-16-5-8-20(29(40)41)23(12-16)31(44)45)14-2-1-3-18(10-14)35-27(38)19-7-4-15(11-22(19)28(35)39)26(37)34-17-6-9-21(30(42)43)24(13-17)32(46)47/h1-13H,(H,33,36)(H,34,37)(H,40,41)(H,42,43)(H,44,45)(H,46,47)/p-4. The lowest BCUT2D eigenvalue weighted by Crippen LogP contribution is -2.30. The average Bonchev–Trinajstić information content (AvgIpc) is 3.29. The first kappa shape index (κ1) is 31.3. The first-order valence-electron chi connectivity index (χ1n) is 13.2. The molecule has 1 aliphatic rings. The summed E-state index contributed by atoms with van der Waals surface area (Å²) in [5.41, 5.74) is -3.43. The van der Waals surface area contributed by atoms with Gasteiger partial charge in [-0.1, -0.05) is 18.2 Å². The minimum absolute atomic E-state index is 0.0274. The minimum Gasteiger partial charge on any atom is -0.545 e. The summed E-state index contributed by atoms with van der Waals surface area (Å²) in [6.45, 7) is 0. The van der Waals surface area contributed by atoms with Crippen LogP contribution < -0.4 is 36.0 Å². The maximum absolute atomic E-state index is 13.3. The predicted octanol–water partition coefficient (Wildman–Crippen LogP) is -1.55. The molecule has 0 bridgehead atoms. The Labute approximate surface area is 262 Å². The summed E-state index contributed by atoms with van der Waals surface area (Å²) in [6, 6.07) is 14.6. The molecule has 0 atom stereocenters. The van der Waals surface area contributed by atoms with E-state index in [-0.39, 0.29) is 39.3 Å². The SMILES string of the molecule is O=C(Nc1ccc(C(=O)[O-])c(C(=O)[O-])c1)c1cccc(N2C(=O)c3ccc(C(=O)Nc4ccc(C(=O)[O-])c(C(=O)[O-])c4)cc3C2=O)c1. The van der Waals surface area contributed by atoms with Crippen LogP contribution in [0.1, 0.15) is 82.9 Å². The Morgan fingerprint density at radius 3 is 1.45 bits per heavy atom. The fourth-order valence-electron chi connectivity index (χ4n) is 4.75. The average molecular weight is 633 g/mol. The van der Waals surface area contributed by atoms with Gasteiger partial charge in [0.2, 0.25) is 0 Å². The molecule has 0 unspecified atom stereocenters. The van der Waals surface area contributed by atoms with E-state index < -0.39 is 69.8 Å². The number of nitrogens with zero attached hydrogens (tertiary/aromatic N) is 1. The van der Waals surface area contributed by atoms with Crippen LogP contribution in [0.2, 0.25) is 0 Å². The van der Waals surface area contributed by atoms with E-state index >= 15 is 0 Å². The van der Waals surface area contributed by atoms with Gasteiger partial charge in [-0.3, -0.25) is 19.2 Å². The van der Waals surface area contributed by atoms with Gasteiger partial charge in [-0.25, -0.2) is 4.90 Å². The van der Waals surface area contributed by atoms with Crippen molar-refractivity contribution in [3.63, 3.8) is 0 Å². The molecule has 4 aromatic rings. The van der Waals surface area contributed by atoms with E-state index in [1.54, 1.807) is 0 Å². The number of nitrogens with one attached hydrogen (secondary N) is 2. The number of imide groups is 1. The van der Waals surface area contributed by atoms with E-state index in [4.69, 9.17) is 0 Å². The zero-order chi connectivity index (χ0) is 34.2. The largest absolute Gasteiger partial charge is 0.545 e. The number of carboxylic acid groups (broad SMARTS) is 4. The molecule has 1 heterocycles. The van der Waals surface area contributed by atoms with E-state index in [9.17, 15) is 58.8 Å². The topological polar surface area (TPSA) is 256 Å². The highest BCUT2D eigenvalue weighted by Gasteiger charge is 2.37. The van der Waals surface area contributed by atoms with Gasteiger partial charge in [0.25, 0.3) is 23.6 Å². The van der Waals surface area contributed by atoms with Crippen LogP contribution in [0, 0.1) is 0 Å². The number of amides is 4. The van der Waals surface area contributed by atoms with Crippen molar-refractivity contribution < 1.29 is 58.8 Å². The third kappa shape index (κ3) is 5.99. The monoisotopic (exact) mass is 633 g/mol. The summed E-state index contributed by atoms with van der Waals surface area (Å²) in [6.07, 6.45) is 0. The summed E-state index contributed by atoms with van der Waals surface area (Å²) < 4.78 is 0. The fourth-order valence-corrected chi connectivity index (χ4v) is 4.75. The zero-order valence-electron chi connectivity index (χ0n) is 23.4. The van der Waals surface area contributed by atoms with Crippen molar-refractivity contribution in [3.8, 4) is 0 Å². The molecule has 234 valence electrons. The number of hydrogen-bond donors (Lipinski definition) is 2. The van der Waals surface area contributed by atoms with E-state index in [0.29, 0.717) is 0 Å². The number of rotatable bonds is 9. The van der Waals surface area contributed by atoms with Crippen molar-refractivity contribution in [2.45, 2.75) is 0 Å². The molecule has 15 heteroatoms. The zero-order valence-corrected chi connectivity index (χ0v) is 23.4. The second-order valence-electron chi connectivity index (χ2n) is 9.84. The molecular weight excluding hydrogens is 618 g/mol. The molecule has 0 saturated heterocycles. The van der Waals surface area contributed by atoms with Gasteiger partial charge in [0.1, 0.15) is 0 Å². The van der Waals surface area contributed by atoms with E-state index in [2.05, 4.69) is 10.6 Å². The first-order valence-corrected chi connectivity index (χ1v) is 13.2.